The SMILES string of the molecule is O=C(NNC(=O)c1cnn(-c2ccc(Cl)cc2)c1C(F)(F)F)c1ccc(OC(F)(F)F)cc1. The molecule has 1 heterocycles. The van der Waals surface area contributed by atoms with Crippen molar-refractivity contribution < 1.29 is 40.7 Å². The Hall–Kier alpha value is -3.74. The van der Waals surface area contributed by atoms with Crippen LogP contribution in [0.3, 0.4) is 0 Å². The molecule has 0 unspecified atom stereocenters. The van der Waals surface area contributed by atoms with Crippen LogP contribution in [-0.2, 0) is 6.18 Å². The molecule has 0 bridgehead atoms. The highest BCUT2D eigenvalue weighted by molar-refractivity contribution is 6.30. The maximum absolute atomic E-state index is 13.6. The number of carbonyl (C=O) groups is 2. The number of nitrogens with zero attached hydrogens (tertiary/aromatic N) is 2. The Kier molecular flexibility index (Phi) is 6.53. The number of alkyl halides is 6. The van der Waals surface area contributed by atoms with Crippen LogP contribution in [0, 0.1) is 0 Å². The molecular weight excluding hydrogens is 482 g/mol. The van der Waals surface area contributed by atoms with Crippen LogP contribution in [0.25, 0.3) is 5.69 Å². The van der Waals surface area contributed by atoms with Crippen LogP contribution in [-0.4, -0.2) is 28.0 Å². The molecule has 174 valence electrons. The van der Waals surface area contributed by atoms with Gasteiger partial charge in [0.05, 0.1) is 17.4 Å². The maximum atomic E-state index is 13.6. The quantitative estimate of drug-likeness (QED) is 0.414. The maximum Gasteiger partial charge on any atom is 0.573 e. The summed E-state index contributed by atoms with van der Waals surface area (Å²) >= 11 is 5.73. The smallest absolute Gasteiger partial charge is 0.406 e. The second-order valence-electron chi connectivity index (χ2n) is 6.27. The van der Waals surface area contributed by atoms with Crippen molar-refractivity contribution in [1.82, 2.24) is 20.6 Å². The Morgan fingerprint density at radius 3 is 2.00 bits per heavy atom. The Morgan fingerprint density at radius 1 is 0.879 bits per heavy atom. The highest BCUT2D eigenvalue weighted by Gasteiger charge is 2.40. The van der Waals surface area contributed by atoms with Gasteiger partial charge in [-0.15, -0.1) is 13.2 Å². The molecule has 7 nitrogen and oxygen atoms in total. The number of hydrazine groups is 1. The lowest BCUT2D eigenvalue weighted by molar-refractivity contribution is -0.274. The van der Waals surface area contributed by atoms with Crippen molar-refractivity contribution in [2.75, 3.05) is 0 Å². The summed E-state index contributed by atoms with van der Waals surface area (Å²) in [5.41, 5.74) is 1.19. The molecule has 0 aliphatic heterocycles. The summed E-state index contributed by atoms with van der Waals surface area (Å²) < 4.78 is 81.6. The number of nitrogens with one attached hydrogen (secondary N) is 2. The lowest BCUT2D eigenvalue weighted by Crippen LogP contribution is -2.42. The molecular formula is C19H11ClF6N4O3. The number of ether oxygens (including phenoxy) is 1. The molecule has 2 N–H and O–H groups in total. The highest BCUT2D eigenvalue weighted by atomic mass is 35.5. The molecule has 0 aliphatic rings. The van der Waals surface area contributed by atoms with Gasteiger partial charge in [0.2, 0.25) is 0 Å². The Balaban J connectivity index is 1.75. The number of halogens is 7. The van der Waals surface area contributed by atoms with Gasteiger partial charge in [-0.05, 0) is 48.5 Å². The zero-order valence-electron chi connectivity index (χ0n) is 16.0. The molecule has 0 spiro atoms. The second-order valence-corrected chi connectivity index (χ2v) is 6.71. The molecule has 2 amide bonds. The van der Waals surface area contributed by atoms with Gasteiger partial charge in [0.25, 0.3) is 11.8 Å². The van der Waals surface area contributed by atoms with E-state index in [4.69, 9.17) is 11.6 Å². The van der Waals surface area contributed by atoms with Gasteiger partial charge < -0.3 is 4.74 Å². The van der Waals surface area contributed by atoms with Crippen LogP contribution >= 0.6 is 11.6 Å². The fourth-order valence-electron chi connectivity index (χ4n) is 2.63. The monoisotopic (exact) mass is 492 g/mol. The molecule has 1 aromatic heterocycles. The fraction of sp³-hybridized carbons (Fsp3) is 0.105. The first-order chi connectivity index (χ1) is 15.3. The topological polar surface area (TPSA) is 85.3 Å². The minimum atomic E-state index is -4.98. The molecule has 0 saturated heterocycles. The van der Waals surface area contributed by atoms with E-state index < -0.39 is 41.4 Å². The van der Waals surface area contributed by atoms with Crippen LogP contribution in [0.1, 0.15) is 26.4 Å². The summed E-state index contributed by atoms with van der Waals surface area (Å²) in [7, 11) is 0. The fourth-order valence-corrected chi connectivity index (χ4v) is 2.75. The molecule has 0 saturated carbocycles. The predicted octanol–water partition coefficient (Wildman–Crippen LogP) is 4.52. The van der Waals surface area contributed by atoms with Crippen LogP contribution in [0.15, 0.2) is 54.7 Å². The standard InChI is InChI=1S/C19H11ClF6N4O3/c20-11-3-5-12(6-4-11)30-15(18(21,22)23)14(9-27-30)17(32)29-28-16(31)10-1-7-13(8-2-10)33-19(24,25)26/h1-9H,(H,28,31)(H,29,32). The van der Waals surface area contributed by atoms with E-state index in [-0.39, 0.29) is 16.3 Å². The van der Waals surface area contributed by atoms with E-state index in [2.05, 4.69) is 9.84 Å². The van der Waals surface area contributed by atoms with E-state index in [1.54, 1.807) is 0 Å². The summed E-state index contributed by atoms with van der Waals surface area (Å²) in [5, 5.41) is 3.88. The van der Waals surface area contributed by atoms with Crippen molar-refractivity contribution in [2.24, 2.45) is 0 Å². The van der Waals surface area contributed by atoms with Gasteiger partial charge in [-0.1, -0.05) is 11.6 Å². The molecule has 2 aromatic carbocycles. The van der Waals surface area contributed by atoms with Crippen molar-refractivity contribution in [2.45, 2.75) is 12.5 Å². The number of hydrogen-bond acceptors (Lipinski definition) is 4. The minimum Gasteiger partial charge on any atom is -0.406 e. The van der Waals surface area contributed by atoms with Crippen molar-refractivity contribution in [1.29, 1.82) is 0 Å². The molecule has 0 aliphatic carbocycles. The van der Waals surface area contributed by atoms with E-state index in [1.165, 1.54) is 24.3 Å². The number of amides is 2. The van der Waals surface area contributed by atoms with Gasteiger partial charge in [0.1, 0.15) is 5.75 Å². The number of carbonyl (C=O) groups excluding carboxylic acids is 2. The molecule has 0 atom stereocenters. The number of benzene rings is 2. The first-order valence-electron chi connectivity index (χ1n) is 8.73. The van der Waals surface area contributed by atoms with Crippen molar-refractivity contribution in [3.05, 3.63) is 76.6 Å². The Labute approximate surface area is 185 Å². The first kappa shape index (κ1) is 23.9. The van der Waals surface area contributed by atoms with Crippen LogP contribution in [0.5, 0.6) is 5.75 Å². The average molecular weight is 493 g/mol. The van der Waals surface area contributed by atoms with E-state index in [9.17, 15) is 35.9 Å². The van der Waals surface area contributed by atoms with Gasteiger partial charge in [0, 0.05) is 10.6 Å². The number of aromatic nitrogens is 2. The van der Waals surface area contributed by atoms with Gasteiger partial charge in [0.15, 0.2) is 5.69 Å². The van der Waals surface area contributed by atoms with Crippen LogP contribution in [0.2, 0.25) is 5.02 Å². The molecule has 0 radical (unpaired) electrons. The first-order valence-corrected chi connectivity index (χ1v) is 9.10. The largest absolute Gasteiger partial charge is 0.573 e. The summed E-state index contributed by atoms with van der Waals surface area (Å²) in [6.07, 6.45) is -9.24. The second kappa shape index (κ2) is 9.02. The van der Waals surface area contributed by atoms with Crippen molar-refractivity contribution >= 4 is 23.4 Å². The highest BCUT2D eigenvalue weighted by Crippen LogP contribution is 2.33. The van der Waals surface area contributed by atoms with Gasteiger partial charge >= 0.3 is 12.5 Å². The summed E-state index contributed by atoms with van der Waals surface area (Å²) in [6, 6.07) is 8.82. The third-order valence-electron chi connectivity index (χ3n) is 3.99. The molecule has 33 heavy (non-hydrogen) atoms. The molecule has 3 rings (SSSR count). The normalized spacial score (nSPS) is 11.7. The lowest BCUT2D eigenvalue weighted by atomic mass is 10.2. The van der Waals surface area contributed by atoms with E-state index >= 15 is 0 Å². The van der Waals surface area contributed by atoms with Crippen LogP contribution < -0.4 is 15.6 Å². The van der Waals surface area contributed by atoms with E-state index in [1.807, 2.05) is 10.9 Å². The third-order valence-corrected chi connectivity index (χ3v) is 4.25. The van der Waals surface area contributed by atoms with Gasteiger partial charge in [-0.3, -0.25) is 20.4 Å². The van der Waals surface area contributed by atoms with Crippen LogP contribution in [0.4, 0.5) is 26.3 Å². The van der Waals surface area contributed by atoms with Crippen molar-refractivity contribution in [3.63, 3.8) is 0 Å². The Morgan fingerprint density at radius 2 is 1.45 bits per heavy atom. The van der Waals surface area contributed by atoms with E-state index in [0.29, 0.717) is 10.9 Å². The van der Waals surface area contributed by atoms with Gasteiger partial charge in [-0.2, -0.15) is 18.3 Å². The predicted molar refractivity (Wildman–Crippen MR) is 102 cm³/mol. The lowest BCUT2D eigenvalue weighted by Gasteiger charge is -2.13. The van der Waals surface area contributed by atoms with E-state index in [0.717, 1.165) is 24.3 Å². The molecule has 14 heteroatoms. The zero-order chi connectivity index (χ0) is 24.4. The molecule has 0 fully saturated rings. The van der Waals surface area contributed by atoms with Gasteiger partial charge in [-0.25, -0.2) is 4.68 Å². The number of rotatable bonds is 4. The minimum absolute atomic E-state index is 0.0176. The van der Waals surface area contributed by atoms with Crippen molar-refractivity contribution in [3.8, 4) is 11.4 Å². The Bertz CT molecular complexity index is 1160. The third kappa shape index (κ3) is 5.94. The molecule has 3 aromatic rings. The summed E-state index contributed by atoms with van der Waals surface area (Å²) in [4.78, 5) is 24.4. The summed E-state index contributed by atoms with van der Waals surface area (Å²) in [6.45, 7) is 0. The zero-order valence-corrected chi connectivity index (χ0v) is 16.7. The summed E-state index contributed by atoms with van der Waals surface area (Å²) in [5.74, 6) is -2.92. The number of hydrogen-bond donors (Lipinski definition) is 2. The average Bonchev–Trinajstić information content (AvgIpc) is 3.17.